The lowest BCUT2D eigenvalue weighted by Crippen LogP contribution is -2.62. The highest BCUT2D eigenvalue weighted by atomic mass is 35.5. The van der Waals surface area contributed by atoms with E-state index in [0.29, 0.717) is 17.7 Å². The molecule has 304 valence electrons. The topological polar surface area (TPSA) is 178 Å². The Bertz CT molecular complexity index is 1720. The van der Waals surface area contributed by atoms with E-state index >= 15 is 0 Å². The Labute approximate surface area is 333 Å². The minimum Gasteiger partial charge on any atom is -0.457 e. The minimum absolute atomic E-state index is 0.0949. The number of alkyl carbamates (subject to hydrolysis) is 1. The predicted molar refractivity (Wildman–Crippen MR) is 211 cm³/mol. The number of allylic oxidation sites excluding steroid dienone is 3. The highest BCUT2D eigenvalue weighted by Gasteiger charge is 2.64. The zero-order valence-electron chi connectivity index (χ0n) is 33.1. The van der Waals surface area contributed by atoms with Gasteiger partial charge in [-0.05, 0) is 51.3 Å². The molecule has 1 aromatic carbocycles. The van der Waals surface area contributed by atoms with Crippen molar-refractivity contribution in [2.24, 2.45) is 11.8 Å². The van der Waals surface area contributed by atoms with Gasteiger partial charge >= 0.3 is 12.1 Å². The van der Waals surface area contributed by atoms with Crippen LogP contribution in [0.5, 0.6) is 0 Å². The van der Waals surface area contributed by atoms with E-state index in [1.165, 1.54) is 35.5 Å². The number of rotatable bonds is 9. The molecule has 0 aromatic heterocycles. The second kappa shape index (κ2) is 17.4. The lowest BCUT2D eigenvalue weighted by molar-refractivity contribution is -0.162. The van der Waals surface area contributed by atoms with Crippen LogP contribution in [0.25, 0.3) is 0 Å². The number of aliphatic hydroxyl groups is 3. The first-order chi connectivity index (χ1) is 25.6. The first kappa shape index (κ1) is 44.3. The van der Waals surface area contributed by atoms with E-state index in [1.807, 2.05) is 20.8 Å². The van der Waals surface area contributed by atoms with Crippen LogP contribution >= 0.6 is 23.4 Å². The number of esters is 1. The number of nitrogens with zero attached hydrogens (tertiary/aromatic N) is 2. The molecule has 1 aromatic rings. The fraction of sp³-hybridized carbons (Fsp3) is 0.600. The van der Waals surface area contributed by atoms with Gasteiger partial charge in [-0.15, -0.1) is 18.3 Å². The second-order valence-electron chi connectivity index (χ2n) is 15.5. The fourth-order valence-corrected chi connectivity index (χ4v) is 8.91. The number of hydrogen-bond donors (Lipinski definition) is 4. The summed E-state index contributed by atoms with van der Waals surface area (Å²) in [5.74, 6) is -3.08. The van der Waals surface area contributed by atoms with Crippen LogP contribution in [0.15, 0.2) is 48.6 Å². The van der Waals surface area contributed by atoms with Crippen LogP contribution in [0, 0.1) is 11.8 Å². The van der Waals surface area contributed by atoms with E-state index in [2.05, 4.69) is 11.9 Å². The molecule has 3 aliphatic rings. The van der Waals surface area contributed by atoms with Crippen LogP contribution < -0.4 is 10.2 Å². The molecule has 55 heavy (non-hydrogen) atoms. The summed E-state index contributed by atoms with van der Waals surface area (Å²) in [7, 11) is 3.05. The number of aliphatic hydroxyl groups excluding tert-OH is 2. The molecule has 1 unspecified atom stereocenters. The molecular weight excluding hydrogens is 750 g/mol. The van der Waals surface area contributed by atoms with Gasteiger partial charge in [0.2, 0.25) is 11.8 Å². The number of ether oxygens (including phenoxy) is 3. The molecule has 0 saturated carbocycles. The van der Waals surface area contributed by atoms with Crippen molar-refractivity contribution in [2.45, 2.75) is 120 Å². The summed E-state index contributed by atoms with van der Waals surface area (Å²) in [5.41, 5.74) is -0.774. The van der Waals surface area contributed by atoms with Gasteiger partial charge in [-0.2, -0.15) is 0 Å². The zero-order chi connectivity index (χ0) is 41.2. The molecule has 4 N–H and O–H groups in total. The van der Waals surface area contributed by atoms with E-state index in [4.69, 9.17) is 25.8 Å². The van der Waals surface area contributed by atoms with Gasteiger partial charge in [-0.1, -0.05) is 68.3 Å². The molecule has 0 radical (unpaired) electrons. The number of halogens is 1. The fourth-order valence-electron chi connectivity index (χ4n) is 7.29. The third kappa shape index (κ3) is 9.60. The van der Waals surface area contributed by atoms with Crippen LogP contribution in [-0.4, -0.2) is 110 Å². The van der Waals surface area contributed by atoms with Crippen LogP contribution in [-0.2, 0) is 41.6 Å². The largest absolute Gasteiger partial charge is 0.457 e. The first-order valence-corrected chi connectivity index (χ1v) is 19.7. The summed E-state index contributed by atoms with van der Waals surface area (Å²) in [4.78, 5) is 57.3. The monoisotopic (exact) mass is 805 g/mol. The molecule has 15 heteroatoms. The number of thioether (sulfide) groups is 1. The number of fused-ring (bicyclic) bond motifs is 5. The maximum Gasteiger partial charge on any atom is 0.409 e. The third-order valence-corrected chi connectivity index (χ3v) is 12.7. The SMILES string of the molecule is C=CC(C)(SC(C)C)C(=O)N(C)[C@@H](C)C(=O)O[C@H]1CC(=O)N(C)c2cc(cc(CO)c2Cl)C/C(C)=C/C=C/[C@@H](CO)[C@@]2(O)C[C@H](OC(=O)N2)[C@@H](C)[C@@H]2O[C@@]12C. The summed E-state index contributed by atoms with van der Waals surface area (Å²) in [6.45, 7) is 15.5. The molecule has 13 nitrogen and oxygen atoms in total. The normalized spacial score (nSPS) is 31.8. The summed E-state index contributed by atoms with van der Waals surface area (Å²) in [5, 5.41) is 35.0. The van der Waals surface area contributed by atoms with Crippen molar-refractivity contribution in [2.75, 3.05) is 25.6 Å². The molecule has 0 spiro atoms. The molecule has 2 fully saturated rings. The molecule has 2 saturated heterocycles. The Kier molecular flexibility index (Phi) is 14.0. The molecule has 3 amide bonds. The number of anilines is 1. The van der Waals surface area contributed by atoms with Crippen molar-refractivity contribution in [3.63, 3.8) is 0 Å². The smallest absolute Gasteiger partial charge is 0.409 e. The van der Waals surface area contributed by atoms with Gasteiger partial charge in [0.1, 0.15) is 28.6 Å². The van der Waals surface area contributed by atoms with Gasteiger partial charge in [0.05, 0.1) is 36.4 Å². The summed E-state index contributed by atoms with van der Waals surface area (Å²) in [6.07, 6.45) is 2.92. The average molecular weight is 806 g/mol. The Morgan fingerprint density at radius 1 is 1.27 bits per heavy atom. The minimum atomic E-state index is -1.87. The Morgan fingerprint density at radius 3 is 2.55 bits per heavy atom. The van der Waals surface area contributed by atoms with Crippen molar-refractivity contribution in [1.29, 1.82) is 0 Å². The van der Waals surface area contributed by atoms with E-state index in [0.717, 1.165) is 11.1 Å². The van der Waals surface area contributed by atoms with Gasteiger partial charge in [-0.3, -0.25) is 14.9 Å². The highest BCUT2D eigenvalue weighted by Crippen LogP contribution is 2.49. The summed E-state index contributed by atoms with van der Waals surface area (Å²) in [6, 6.07) is 2.43. The highest BCUT2D eigenvalue weighted by molar-refractivity contribution is 8.02. The van der Waals surface area contributed by atoms with Crippen molar-refractivity contribution in [3.8, 4) is 0 Å². The molecule has 3 aliphatic heterocycles. The van der Waals surface area contributed by atoms with Gasteiger partial charge in [-0.25, -0.2) is 9.59 Å². The molecule has 4 rings (SSSR count). The number of carbonyl (C=O) groups excluding carboxylic acids is 4. The first-order valence-electron chi connectivity index (χ1n) is 18.5. The summed E-state index contributed by atoms with van der Waals surface area (Å²) >= 11 is 8.14. The van der Waals surface area contributed by atoms with Gasteiger partial charge in [0.15, 0.2) is 5.72 Å². The molecule has 9 atom stereocenters. The second-order valence-corrected chi connectivity index (χ2v) is 17.9. The van der Waals surface area contributed by atoms with Crippen molar-refractivity contribution < 1.29 is 48.7 Å². The van der Waals surface area contributed by atoms with E-state index in [9.17, 15) is 34.5 Å². The predicted octanol–water partition coefficient (Wildman–Crippen LogP) is 4.68. The number of epoxide rings is 1. The van der Waals surface area contributed by atoms with E-state index in [-0.39, 0.29) is 35.6 Å². The number of benzene rings is 1. The third-order valence-electron chi connectivity index (χ3n) is 10.9. The van der Waals surface area contributed by atoms with Crippen LogP contribution in [0.2, 0.25) is 5.02 Å². The van der Waals surface area contributed by atoms with Crippen LogP contribution in [0.3, 0.4) is 0 Å². The Hall–Kier alpha value is -3.40. The number of carbonyl (C=O) groups is 4. The standard InChI is InChI=1S/C40H56ClN3O10S/c1-11-38(7,55-22(2)3)36(49)43(9)25(6)35(48)53-31-18-32(47)44(10)29-17-26(16-27(20-45)33(29)41)15-23(4)13-12-14-28(21-46)40(51)19-30(52-37(50)42-40)24(5)34-39(31,8)54-34/h11-14,16-17,22,24-25,28,30-31,34,45-46,51H,1,15,18-21H2,2-10H3,(H,42,50)/b14-12+,23-13+/t24-,25+,28+,30+,31+,34+,38?,39+,40+/m1/s1. The molecule has 4 bridgehead atoms. The van der Waals surface area contributed by atoms with E-state index in [1.54, 1.807) is 64.3 Å². The zero-order valence-corrected chi connectivity index (χ0v) is 34.7. The van der Waals surface area contributed by atoms with Crippen molar-refractivity contribution in [1.82, 2.24) is 10.2 Å². The average Bonchev–Trinajstić information content (AvgIpc) is 3.82. The maximum atomic E-state index is 14.2. The van der Waals surface area contributed by atoms with Crippen molar-refractivity contribution >= 4 is 52.9 Å². The number of nitrogens with one attached hydrogen (secondary N) is 1. The quantitative estimate of drug-likeness (QED) is 0.155. The number of hydrogen-bond acceptors (Lipinski definition) is 11. The van der Waals surface area contributed by atoms with Crippen molar-refractivity contribution in [3.05, 3.63) is 64.7 Å². The van der Waals surface area contributed by atoms with Gasteiger partial charge in [0, 0.05) is 37.6 Å². The van der Waals surface area contributed by atoms with Gasteiger partial charge < -0.3 is 39.3 Å². The lowest BCUT2D eigenvalue weighted by Gasteiger charge is -2.42. The molecule has 3 heterocycles. The van der Waals surface area contributed by atoms with Crippen LogP contribution in [0.1, 0.15) is 72.4 Å². The Balaban J connectivity index is 1.77. The lowest BCUT2D eigenvalue weighted by atomic mass is 9.81. The number of amides is 3. The van der Waals surface area contributed by atoms with Crippen LogP contribution in [0.4, 0.5) is 10.5 Å². The molecular formula is C40H56ClN3O10S. The number of likely N-dealkylation sites (N-methyl/N-ethyl adjacent to an activating group) is 1. The maximum absolute atomic E-state index is 14.2. The Morgan fingerprint density at radius 2 is 1.95 bits per heavy atom. The molecule has 0 aliphatic carbocycles. The van der Waals surface area contributed by atoms with E-state index < -0.39 is 76.8 Å². The van der Waals surface area contributed by atoms with Gasteiger partial charge in [0.25, 0.3) is 0 Å². The summed E-state index contributed by atoms with van der Waals surface area (Å²) < 4.78 is 17.0.